The molecule has 2 aromatic heterocycles. The van der Waals surface area contributed by atoms with Crippen LogP contribution in [0.2, 0.25) is 5.02 Å². The molecule has 132 valence electrons. The van der Waals surface area contributed by atoms with E-state index in [9.17, 15) is 0 Å². The van der Waals surface area contributed by atoms with Gasteiger partial charge in [-0.15, -0.1) is 0 Å². The van der Waals surface area contributed by atoms with Gasteiger partial charge < -0.3 is 9.09 Å². The Labute approximate surface area is 156 Å². The molecule has 0 saturated heterocycles. The number of para-hydroxylation sites is 2. The standard InChI is InChI=1S/C20H19ClN4O/c1-13(2)20-22-16-9-5-6-10-17(16)25(20)12-19-23-18(24-26-19)11-14-7-3-4-8-15(14)21/h3-10,13H,11-12H2,1-2H3. The van der Waals surface area contributed by atoms with Gasteiger partial charge in [0.1, 0.15) is 12.4 Å². The molecule has 0 saturated carbocycles. The van der Waals surface area contributed by atoms with Crippen molar-refractivity contribution >= 4 is 22.6 Å². The average Bonchev–Trinajstić information content (AvgIpc) is 3.22. The SMILES string of the molecule is CC(C)c1nc2ccccc2n1Cc1nc(Cc2ccccc2Cl)no1. The summed E-state index contributed by atoms with van der Waals surface area (Å²) in [6, 6.07) is 15.8. The molecule has 0 N–H and O–H groups in total. The smallest absolute Gasteiger partial charge is 0.246 e. The zero-order valence-electron chi connectivity index (χ0n) is 14.7. The Morgan fingerprint density at radius 2 is 1.81 bits per heavy atom. The lowest BCUT2D eigenvalue weighted by Gasteiger charge is -2.08. The van der Waals surface area contributed by atoms with Crippen molar-refractivity contribution in [3.05, 3.63) is 76.7 Å². The number of benzene rings is 2. The second kappa shape index (κ2) is 6.92. The van der Waals surface area contributed by atoms with E-state index in [-0.39, 0.29) is 0 Å². The number of hydrogen-bond acceptors (Lipinski definition) is 4. The molecule has 0 aliphatic rings. The van der Waals surface area contributed by atoms with E-state index in [0.29, 0.717) is 35.6 Å². The fourth-order valence-corrected chi connectivity index (χ4v) is 3.28. The summed E-state index contributed by atoms with van der Waals surface area (Å²) < 4.78 is 7.63. The summed E-state index contributed by atoms with van der Waals surface area (Å²) in [4.78, 5) is 9.29. The molecular formula is C20H19ClN4O. The third-order valence-electron chi connectivity index (χ3n) is 4.31. The summed E-state index contributed by atoms with van der Waals surface area (Å²) in [6.45, 7) is 4.77. The Balaban J connectivity index is 1.63. The number of imidazole rings is 1. The van der Waals surface area contributed by atoms with Crippen LogP contribution in [0.15, 0.2) is 53.1 Å². The number of fused-ring (bicyclic) bond motifs is 1. The molecule has 0 bridgehead atoms. The second-order valence-corrected chi connectivity index (χ2v) is 6.98. The van der Waals surface area contributed by atoms with Crippen LogP contribution in [0.1, 0.15) is 42.9 Å². The van der Waals surface area contributed by atoms with E-state index in [1.54, 1.807) is 0 Å². The van der Waals surface area contributed by atoms with Crippen molar-refractivity contribution in [2.24, 2.45) is 0 Å². The zero-order chi connectivity index (χ0) is 18.1. The Hall–Kier alpha value is -2.66. The first-order valence-corrected chi connectivity index (χ1v) is 8.99. The quantitative estimate of drug-likeness (QED) is 0.507. The summed E-state index contributed by atoms with van der Waals surface area (Å²) >= 11 is 6.22. The van der Waals surface area contributed by atoms with Crippen LogP contribution in [0.25, 0.3) is 11.0 Å². The van der Waals surface area contributed by atoms with Crippen LogP contribution in [0.5, 0.6) is 0 Å². The van der Waals surface area contributed by atoms with E-state index < -0.39 is 0 Å². The van der Waals surface area contributed by atoms with Crippen LogP contribution < -0.4 is 0 Å². The first kappa shape index (κ1) is 16.8. The maximum atomic E-state index is 6.22. The third-order valence-corrected chi connectivity index (χ3v) is 4.68. The topological polar surface area (TPSA) is 56.7 Å². The van der Waals surface area contributed by atoms with E-state index in [2.05, 4.69) is 34.6 Å². The molecule has 0 spiro atoms. The summed E-state index contributed by atoms with van der Waals surface area (Å²) in [6.07, 6.45) is 0.547. The molecule has 2 heterocycles. The van der Waals surface area contributed by atoms with E-state index in [1.165, 1.54) is 0 Å². The van der Waals surface area contributed by atoms with Gasteiger partial charge in [-0.3, -0.25) is 0 Å². The molecular weight excluding hydrogens is 348 g/mol. The van der Waals surface area contributed by atoms with E-state index in [4.69, 9.17) is 21.1 Å². The number of rotatable bonds is 5. The van der Waals surface area contributed by atoms with Gasteiger partial charge in [0.05, 0.1) is 11.0 Å². The lowest BCUT2D eigenvalue weighted by Crippen LogP contribution is -2.07. The van der Waals surface area contributed by atoms with Crippen LogP contribution in [-0.4, -0.2) is 19.7 Å². The largest absolute Gasteiger partial charge is 0.337 e. The van der Waals surface area contributed by atoms with Crippen LogP contribution in [0.4, 0.5) is 0 Å². The summed E-state index contributed by atoms with van der Waals surface area (Å²) in [7, 11) is 0. The van der Waals surface area contributed by atoms with Crippen LogP contribution in [0, 0.1) is 0 Å². The molecule has 0 fully saturated rings. The van der Waals surface area contributed by atoms with Crippen molar-refractivity contribution in [1.82, 2.24) is 19.7 Å². The fourth-order valence-electron chi connectivity index (χ4n) is 3.07. The molecule has 0 amide bonds. The van der Waals surface area contributed by atoms with Crippen LogP contribution in [0.3, 0.4) is 0 Å². The van der Waals surface area contributed by atoms with Gasteiger partial charge in [-0.05, 0) is 23.8 Å². The highest BCUT2D eigenvalue weighted by Crippen LogP contribution is 2.23. The van der Waals surface area contributed by atoms with Gasteiger partial charge >= 0.3 is 0 Å². The molecule has 0 radical (unpaired) electrons. The first-order valence-electron chi connectivity index (χ1n) is 8.62. The van der Waals surface area contributed by atoms with Crippen molar-refractivity contribution in [1.29, 1.82) is 0 Å². The molecule has 0 aliphatic heterocycles. The van der Waals surface area contributed by atoms with Gasteiger partial charge in [0.2, 0.25) is 5.89 Å². The van der Waals surface area contributed by atoms with Crippen molar-refractivity contribution < 1.29 is 4.52 Å². The van der Waals surface area contributed by atoms with Gasteiger partial charge in [0, 0.05) is 17.4 Å². The highest BCUT2D eigenvalue weighted by atomic mass is 35.5. The molecule has 0 unspecified atom stereocenters. The highest BCUT2D eigenvalue weighted by molar-refractivity contribution is 6.31. The van der Waals surface area contributed by atoms with Gasteiger partial charge in [-0.2, -0.15) is 4.98 Å². The minimum atomic E-state index is 0.299. The molecule has 26 heavy (non-hydrogen) atoms. The van der Waals surface area contributed by atoms with Gasteiger partial charge in [0.15, 0.2) is 5.82 Å². The van der Waals surface area contributed by atoms with Crippen molar-refractivity contribution in [3.63, 3.8) is 0 Å². The molecule has 4 aromatic rings. The Morgan fingerprint density at radius 3 is 2.62 bits per heavy atom. The molecule has 0 aliphatic carbocycles. The molecule has 4 rings (SSSR count). The Kier molecular flexibility index (Phi) is 4.47. The molecule has 6 heteroatoms. The third kappa shape index (κ3) is 3.22. The Morgan fingerprint density at radius 1 is 1.04 bits per heavy atom. The van der Waals surface area contributed by atoms with Gasteiger partial charge in [0.25, 0.3) is 0 Å². The number of halogens is 1. The van der Waals surface area contributed by atoms with Crippen LogP contribution in [-0.2, 0) is 13.0 Å². The van der Waals surface area contributed by atoms with E-state index in [1.807, 2.05) is 42.5 Å². The predicted octanol–water partition coefficient (Wildman–Crippen LogP) is 4.84. The maximum absolute atomic E-state index is 6.22. The van der Waals surface area contributed by atoms with Gasteiger partial charge in [-0.25, -0.2) is 4.98 Å². The molecule has 0 atom stereocenters. The van der Waals surface area contributed by atoms with Crippen LogP contribution >= 0.6 is 11.6 Å². The zero-order valence-corrected chi connectivity index (χ0v) is 15.4. The average molecular weight is 367 g/mol. The number of hydrogen-bond donors (Lipinski definition) is 0. The maximum Gasteiger partial charge on any atom is 0.246 e. The first-order chi connectivity index (χ1) is 12.6. The summed E-state index contributed by atoms with van der Waals surface area (Å²) in [5.74, 6) is 2.51. The summed E-state index contributed by atoms with van der Waals surface area (Å²) in [5, 5.41) is 4.82. The van der Waals surface area contributed by atoms with E-state index in [0.717, 1.165) is 22.4 Å². The number of nitrogens with zero attached hydrogens (tertiary/aromatic N) is 4. The molecule has 2 aromatic carbocycles. The monoisotopic (exact) mass is 366 g/mol. The minimum absolute atomic E-state index is 0.299. The molecule has 5 nitrogen and oxygen atoms in total. The predicted molar refractivity (Wildman–Crippen MR) is 101 cm³/mol. The van der Waals surface area contributed by atoms with Gasteiger partial charge in [-0.1, -0.05) is 60.9 Å². The van der Waals surface area contributed by atoms with Crippen molar-refractivity contribution in [2.45, 2.75) is 32.7 Å². The normalized spacial score (nSPS) is 11.5. The van der Waals surface area contributed by atoms with E-state index >= 15 is 0 Å². The lowest BCUT2D eigenvalue weighted by atomic mass is 10.1. The number of aromatic nitrogens is 4. The Bertz CT molecular complexity index is 1050. The second-order valence-electron chi connectivity index (χ2n) is 6.57. The minimum Gasteiger partial charge on any atom is -0.337 e. The lowest BCUT2D eigenvalue weighted by molar-refractivity contribution is 0.366. The summed E-state index contributed by atoms with van der Waals surface area (Å²) in [5.41, 5.74) is 3.03. The fraction of sp³-hybridized carbons (Fsp3) is 0.250. The highest BCUT2D eigenvalue weighted by Gasteiger charge is 2.16. The van der Waals surface area contributed by atoms with Crippen molar-refractivity contribution in [3.8, 4) is 0 Å². The van der Waals surface area contributed by atoms with Crippen molar-refractivity contribution in [2.75, 3.05) is 0 Å².